The summed E-state index contributed by atoms with van der Waals surface area (Å²) >= 11 is 0. The van der Waals surface area contributed by atoms with E-state index in [-0.39, 0.29) is 24.2 Å². The van der Waals surface area contributed by atoms with Crippen LogP contribution in [-0.2, 0) is 14.3 Å². The second-order valence-corrected chi connectivity index (χ2v) is 4.86. The average molecular weight is 230 g/mol. The lowest BCUT2D eigenvalue weighted by Gasteiger charge is -2.24. The predicted octanol–water partition coefficient (Wildman–Crippen LogP) is 0.381. The molecule has 0 rings (SSSR count). The van der Waals surface area contributed by atoms with Crippen LogP contribution >= 0.6 is 0 Å². The summed E-state index contributed by atoms with van der Waals surface area (Å²) in [6.07, 6.45) is 0.261. The van der Waals surface area contributed by atoms with Gasteiger partial charge in [0.25, 0.3) is 0 Å². The van der Waals surface area contributed by atoms with Gasteiger partial charge >= 0.3 is 5.97 Å². The van der Waals surface area contributed by atoms with Crippen molar-refractivity contribution in [1.29, 1.82) is 0 Å². The summed E-state index contributed by atoms with van der Waals surface area (Å²) in [5.41, 5.74) is 5.22. The fourth-order valence-corrected chi connectivity index (χ4v) is 1.31. The van der Waals surface area contributed by atoms with E-state index in [4.69, 9.17) is 5.73 Å². The maximum atomic E-state index is 11.7. The van der Waals surface area contributed by atoms with Crippen LogP contribution in [0.25, 0.3) is 0 Å². The largest absolute Gasteiger partial charge is 0.469 e. The Morgan fingerprint density at radius 1 is 1.44 bits per heavy atom. The van der Waals surface area contributed by atoms with E-state index in [1.807, 2.05) is 0 Å². The van der Waals surface area contributed by atoms with Gasteiger partial charge in [-0.05, 0) is 13.8 Å². The summed E-state index contributed by atoms with van der Waals surface area (Å²) < 4.78 is 4.59. The molecule has 1 amide bonds. The molecule has 0 bridgehead atoms. The maximum Gasteiger partial charge on any atom is 0.310 e. The first-order valence-corrected chi connectivity index (χ1v) is 5.28. The summed E-state index contributed by atoms with van der Waals surface area (Å²) in [5, 5.41) is 0. The molecule has 0 spiro atoms. The Morgan fingerprint density at radius 2 is 1.94 bits per heavy atom. The van der Waals surface area contributed by atoms with Crippen molar-refractivity contribution in [3.63, 3.8) is 0 Å². The van der Waals surface area contributed by atoms with Gasteiger partial charge in [-0.1, -0.05) is 6.92 Å². The molecule has 5 heteroatoms. The number of ether oxygens (including phenoxy) is 1. The van der Waals surface area contributed by atoms with Gasteiger partial charge in [0.2, 0.25) is 5.91 Å². The number of carbonyl (C=O) groups excluding carboxylic acids is 2. The van der Waals surface area contributed by atoms with Crippen molar-refractivity contribution in [1.82, 2.24) is 4.90 Å². The molecule has 0 radical (unpaired) electrons. The number of hydrogen-bond acceptors (Lipinski definition) is 4. The predicted molar refractivity (Wildman–Crippen MR) is 61.7 cm³/mol. The number of carbonyl (C=O) groups is 2. The van der Waals surface area contributed by atoms with Crippen molar-refractivity contribution >= 4 is 11.9 Å². The third kappa shape index (κ3) is 5.70. The van der Waals surface area contributed by atoms with Gasteiger partial charge in [-0.2, -0.15) is 0 Å². The highest BCUT2D eigenvalue weighted by Gasteiger charge is 2.22. The molecule has 0 aromatic heterocycles. The number of methoxy groups -OCH3 is 1. The first-order chi connectivity index (χ1) is 7.17. The van der Waals surface area contributed by atoms with Crippen molar-refractivity contribution < 1.29 is 14.3 Å². The zero-order valence-electron chi connectivity index (χ0n) is 10.7. The molecular weight excluding hydrogens is 208 g/mol. The van der Waals surface area contributed by atoms with Crippen LogP contribution in [0.4, 0.5) is 0 Å². The zero-order chi connectivity index (χ0) is 12.9. The molecule has 94 valence electrons. The minimum atomic E-state index is -0.528. The molecule has 0 aromatic rings. The molecule has 0 aliphatic heterocycles. The van der Waals surface area contributed by atoms with Gasteiger partial charge in [0, 0.05) is 25.6 Å². The van der Waals surface area contributed by atoms with E-state index in [9.17, 15) is 9.59 Å². The van der Waals surface area contributed by atoms with E-state index < -0.39 is 5.54 Å². The monoisotopic (exact) mass is 230 g/mol. The van der Waals surface area contributed by atoms with Crippen molar-refractivity contribution in [2.45, 2.75) is 32.7 Å². The van der Waals surface area contributed by atoms with Crippen molar-refractivity contribution in [2.75, 3.05) is 20.7 Å². The van der Waals surface area contributed by atoms with Crippen LogP contribution in [0.5, 0.6) is 0 Å². The third-order valence-electron chi connectivity index (χ3n) is 2.18. The van der Waals surface area contributed by atoms with Gasteiger partial charge in [-0.3, -0.25) is 9.59 Å². The van der Waals surface area contributed by atoms with E-state index in [0.29, 0.717) is 6.54 Å². The molecular formula is C11H22N2O3. The second-order valence-electron chi connectivity index (χ2n) is 4.86. The lowest BCUT2D eigenvalue weighted by atomic mass is 10.0. The highest BCUT2D eigenvalue weighted by atomic mass is 16.5. The van der Waals surface area contributed by atoms with Crippen LogP contribution < -0.4 is 5.73 Å². The second kappa shape index (κ2) is 5.84. The molecule has 0 heterocycles. The molecule has 1 atom stereocenters. The number of rotatable bonds is 5. The van der Waals surface area contributed by atoms with Crippen LogP contribution in [0.1, 0.15) is 27.2 Å². The van der Waals surface area contributed by atoms with Gasteiger partial charge in [0.15, 0.2) is 0 Å². The van der Waals surface area contributed by atoms with E-state index >= 15 is 0 Å². The molecule has 1 unspecified atom stereocenters. The topological polar surface area (TPSA) is 72.6 Å². The van der Waals surface area contributed by atoms with Crippen LogP contribution in [0.3, 0.4) is 0 Å². The lowest BCUT2D eigenvalue weighted by Crippen LogP contribution is -2.41. The molecule has 0 fully saturated rings. The van der Waals surface area contributed by atoms with Crippen molar-refractivity contribution in [3.05, 3.63) is 0 Å². The Labute approximate surface area is 96.9 Å². The van der Waals surface area contributed by atoms with Crippen LogP contribution in [-0.4, -0.2) is 43.0 Å². The average Bonchev–Trinajstić information content (AvgIpc) is 2.13. The Hall–Kier alpha value is -1.10. The van der Waals surface area contributed by atoms with Crippen LogP contribution in [0, 0.1) is 5.92 Å². The summed E-state index contributed by atoms with van der Waals surface area (Å²) in [7, 11) is 3.00. The van der Waals surface area contributed by atoms with Gasteiger partial charge < -0.3 is 15.4 Å². The third-order valence-corrected chi connectivity index (χ3v) is 2.18. The number of nitrogens with zero attached hydrogens (tertiary/aromatic N) is 1. The van der Waals surface area contributed by atoms with Crippen LogP contribution in [0.2, 0.25) is 0 Å². The van der Waals surface area contributed by atoms with E-state index in [1.54, 1.807) is 27.8 Å². The van der Waals surface area contributed by atoms with E-state index in [2.05, 4.69) is 4.74 Å². The quantitative estimate of drug-likeness (QED) is 0.693. The minimum Gasteiger partial charge on any atom is -0.469 e. The zero-order valence-corrected chi connectivity index (χ0v) is 10.7. The first kappa shape index (κ1) is 14.9. The fourth-order valence-electron chi connectivity index (χ4n) is 1.31. The van der Waals surface area contributed by atoms with Crippen molar-refractivity contribution in [2.24, 2.45) is 11.7 Å². The number of esters is 1. The van der Waals surface area contributed by atoms with Gasteiger partial charge in [0.05, 0.1) is 13.0 Å². The smallest absolute Gasteiger partial charge is 0.310 e. The highest BCUT2D eigenvalue weighted by Crippen LogP contribution is 2.08. The van der Waals surface area contributed by atoms with Gasteiger partial charge in [-0.15, -0.1) is 0 Å². The number of amides is 1. The Bertz CT molecular complexity index is 258. The van der Waals surface area contributed by atoms with E-state index in [1.165, 1.54) is 12.0 Å². The SMILES string of the molecule is COC(=O)C(C)CN(C)C(=O)CC(C)(C)N. The molecule has 0 aromatic carbocycles. The first-order valence-electron chi connectivity index (χ1n) is 5.28. The highest BCUT2D eigenvalue weighted by molar-refractivity contribution is 5.78. The molecule has 0 aliphatic rings. The van der Waals surface area contributed by atoms with E-state index in [0.717, 1.165) is 0 Å². The van der Waals surface area contributed by atoms with Gasteiger partial charge in [0.1, 0.15) is 0 Å². The Balaban J connectivity index is 4.21. The maximum absolute atomic E-state index is 11.7. The molecule has 0 saturated heterocycles. The molecule has 2 N–H and O–H groups in total. The Kier molecular flexibility index (Phi) is 5.44. The normalized spacial score (nSPS) is 13.1. The minimum absolute atomic E-state index is 0.0664. The summed E-state index contributed by atoms with van der Waals surface area (Å²) in [6, 6.07) is 0. The van der Waals surface area contributed by atoms with Crippen LogP contribution in [0.15, 0.2) is 0 Å². The molecule has 0 aliphatic carbocycles. The number of nitrogens with two attached hydrogens (primary N) is 1. The fraction of sp³-hybridized carbons (Fsp3) is 0.818. The summed E-state index contributed by atoms with van der Waals surface area (Å²) in [6.45, 7) is 5.66. The molecule has 16 heavy (non-hydrogen) atoms. The number of hydrogen-bond donors (Lipinski definition) is 1. The summed E-state index contributed by atoms with van der Waals surface area (Å²) in [4.78, 5) is 24.4. The van der Waals surface area contributed by atoms with Crippen molar-refractivity contribution in [3.8, 4) is 0 Å². The lowest BCUT2D eigenvalue weighted by molar-refractivity contribution is -0.146. The molecule has 0 saturated carbocycles. The Morgan fingerprint density at radius 3 is 2.31 bits per heavy atom. The standard InChI is InChI=1S/C11H22N2O3/c1-8(10(15)16-5)7-13(4)9(14)6-11(2,3)12/h8H,6-7,12H2,1-5H3. The molecule has 5 nitrogen and oxygen atoms in total. The van der Waals surface area contributed by atoms with Gasteiger partial charge in [-0.25, -0.2) is 0 Å². The summed E-state index contributed by atoms with van der Waals surface area (Å²) in [5.74, 6) is -0.699.